The van der Waals surface area contributed by atoms with E-state index < -0.39 is 5.97 Å². The Kier molecular flexibility index (Phi) is 4.10. The van der Waals surface area contributed by atoms with Crippen LogP contribution in [0.4, 0.5) is 5.69 Å². The molecule has 0 unspecified atom stereocenters. The van der Waals surface area contributed by atoms with Crippen LogP contribution in [0.15, 0.2) is 48.8 Å². The maximum absolute atomic E-state index is 11.8. The molecule has 0 bridgehead atoms. The van der Waals surface area contributed by atoms with E-state index in [-0.39, 0.29) is 11.5 Å². The first-order valence-electron chi connectivity index (χ1n) is 6.08. The van der Waals surface area contributed by atoms with Crippen molar-refractivity contribution in [2.24, 2.45) is 0 Å². The molecule has 2 rings (SSSR count). The standard InChI is InChI=1S/C15H14N2O3/c1-11(18)17(10-12-3-2-8-16-9-12)14-6-4-13(5-7-14)15(19)20/h2-9H,10H2,1H3,(H,19,20). The molecule has 1 amide bonds. The lowest BCUT2D eigenvalue weighted by Crippen LogP contribution is -2.27. The fourth-order valence-electron chi connectivity index (χ4n) is 1.84. The maximum atomic E-state index is 11.8. The van der Waals surface area contributed by atoms with E-state index in [1.807, 2.05) is 6.07 Å². The topological polar surface area (TPSA) is 70.5 Å². The minimum atomic E-state index is -0.988. The Balaban J connectivity index is 2.25. The molecule has 0 atom stereocenters. The number of carbonyl (C=O) groups is 2. The molecule has 0 spiro atoms. The largest absolute Gasteiger partial charge is 0.478 e. The molecule has 0 aliphatic heterocycles. The molecule has 2 aromatic rings. The van der Waals surface area contributed by atoms with Gasteiger partial charge >= 0.3 is 5.97 Å². The van der Waals surface area contributed by atoms with E-state index >= 15 is 0 Å². The van der Waals surface area contributed by atoms with Gasteiger partial charge in [-0.25, -0.2) is 4.79 Å². The molecule has 0 radical (unpaired) electrons. The van der Waals surface area contributed by atoms with Gasteiger partial charge in [0.25, 0.3) is 0 Å². The number of aromatic nitrogens is 1. The molecule has 1 aromatic carbocycles. The van der Waals surface area contributed by atoms with Crippen molar-refractivity contribution in [1.29, 1.82) is 0 Å². The highest BCUT2D eigenvalue weighted by molar-refractivity contribution is 5.93. The van der Waals surface area contributed by atoms with Crippen molar-refractivity contribution in [3.05, 3.63) is 59.9 Å². The van der Waals surface area contributed by atoms with Crippen molar-refractivity contribution in [2.75, 3.05) is 4.90 Å². The zero-order valence-electron chi connectivity index (χ0n) is 11.0. The molecule has 0 saturated carbocycles. The summed E-state index contributed by atoms with van der Waals surface area (Å²) in [5, 5.41) is 8.87. The van der Waals surface area contributed by atoms with Crippen LogP contribution in [0.3, 0.4) is 0 Å². The Bertz CT molecular complexity index is 609. The van der Waals surface area contributed by atoms with Gasteiger partial charge in [-0.15, -0.1) is 0 Å². The summed E-state index contributed by atoms with van der Waals surface area (Å²) in [4.78, 5) is 28.2. The predicted molar refractivity (Wildman–Crippen MR) is 74.5 cm³/mol. The van der Waals surface area contributed by atoms with Gasteiger partial charge in [0.2, 0.25) is 5.91 Å². The summed E-state index contributed by atoms with van der Waals surface area (Å²) < 4.78 is 0. The van der Waals surface area contributed by atoms with Crippen LogP contribution in [0.25, 0.3) is 0 Å². The first kappa shape index (κ1) is 13.7. The molecule has 1 heterocycles. The normalized spacial score (nSPS) is 10.1. The number of amides is 1. The SMILES string of the molecule is CC(=O)N(Cc1cccnc1)c1ccc(C(=O)O)cc1. The number of carbonyl (C=O) groups excluding carboxylic acids is 1. The van der Waals surface area contributed by atoms with Crippen molar-refractivity contribution < 1.29 is 14.7 Å². The van der Waals surface area contributed by atoms with E-state index in [4.69, 9.17) is 5.11 Å². The summed E-state index contributed by atoms with van der Waals surface area (Å²) in [5.41, 5.74) is 1.76. The van der Waals surface area contributed by atoms with Gasteiger partial charge in [0.1, 0.15) is 0 Å². The van der Waals surface area contributed by atoms with Crippen LogP contribution in [0, 0.1) is 0 Å². The molecule has 20 heavy (non-hydrogen) atoms. The Morgan fingerprint density at radius 2 is 1.90 bits per heavy atom. The molecular formula is C15H14N2O3. The lowest BCUT2D eigenvalue weighted by Gasteiger charge is -2.21. The lowest BCUT2D eigenvalue weighted by atomic mass is 10.2. The highest BCUT2D eigenvalue weighted by Gasteiger charge is 2.13. The predicted octanol–water partition coefficient (Wildman–Crippen LogP) is 2.33. The minimum Gasteiger partial charge on any atom is -0.478 e. The number of anilines is 1. The van der Waals surface area contributed by atoms with Crippen LogP contribution < -0.4 is 4.90 Å². The van der Waals surface area contributed by atoms with Crippen LogP contribution >= 0.6 is 0 Å². The summed E-state index contributed by atoms with van der Waals surface area (Å²) in [7, 11) is 0. The second-order valence-electron chi connectivity index (χ2n) is 4.32. The van der Waals surface area contributed by atoms with Gasteiger partial charge in [-0.1, -0.05) is 6.07 Å². The Hall–Kier alpha value is -2.69. The van der Waals surface area contributed by atoms with E-state index in [0.717, 1.165) is 5.56 Å². The third-order valence-corrected chi connectivity index (χ3v) is 2.87. The van der Waals surface area contributed by atoms with Gasteiger partial charge in [0.15, 0.2) is 0 Å². The van der Waals surface area contributed by atoms with Crippen molar-refractivity contribution in [3.8, 4) is 0 Å². The molecule has 1 aromatic heterocycles. The molecule has 0 saturated heterocycles. The van der Waals surface area contributed by atoms with E-state index in [2.05, 4.69) is 4.98 Å². The maximum Gasteiger partial charge on any atom is 0.335 e. The Labute approximate surface area is 116 Å². The smallest absolute Gasteiger partial charge is 0.335 e. The fourth-order valence-corrected chi connectivity index (χ4v) is 1.84. The van der Waals surface area contributed by atoms with Gasteiger partial charge in [-0.05, 0) is 35.9 Å². The van der Waals surface area contributed by atoms with Crippen molar-refractivity contribution in [1.82, 2.24) is 4.98 Å². The molecule has 0 aliphatic rings. The summed E-state index contributed by atoms with van der Waals surface area (Å²) in [6, 6.07) is 9.91. The number of rotatable bonds is 4. The molecule has 0 fully saturated rings. The molecular weight excluding hydrogens is 256 g/mol. The summed E-state index contributed by atoms with van der Waals surface area (Å²) >= 11 is 0. The van der Waals surface area contributed by atoms with Gasteiger partial charge in [-0.2, -0.15) is 0 Å². The molecule has 102 valence electrons. The quantitative estimate of drug-likeness (QED) is 0.925. The van der Waals surface area contributed by atoms with Crippen molar-refractivity contribution in [2.45, 2.75) is 13.5 Å². The number of hydrogen-bond donors (Lipinski definition) is 1. The van der Waals surface area contributed by atoms with Crippen molar-refractivity contribution in [3.63, 3.8) is 0 Å². The number of pyridine rings is 1. The average molecular weight is 270 g/mol. The van der Waals surface area contributed by atoms with Crippen LogP contribution in [0.1, 0.15) is 22.8 Å². The lowest BCUT2D eigenvalue weighted by molar-refractivity contribution is -0.116. The van der Waals surface area contributed by atoms with E-state index in [9.17, 15) is 9.59 Å². The van der Waals surface area contributed by atoms with Crippen LogP contribution in [0.5, 0.6) is 0 Å². The fraction of sp³-hybridized carbons (Fsp3) is 0.133. The third-order valence-electron chi connectivity index (χ3n) is 2.87. The number of carboxylic acid groups (broad SMARTS) is 1. The molecule has 5 nitrogen and oxygen atoms in total. The number of carboxylic acids is 1. The van der Waals surface area contributed by atoms with Crippen LogP contribution in [0.2, 0.25) is 0 Å². The van der Waals surface area contributed by atoms with Crippen LogP contribution in [-0.2, 0) is 11.3 Å². The minimum absolute atomic E-state index is 0.114. The Morgan fingerprint density at radius 3 is 2.40 bits per heavy atom. The van der Waals surface area contributed by atoms with E-state index in [0.29, 0.717) is 12.2 Å². The number of benzene rings is 1. The zero-order valence-corrected chi connectivity index (χ0v) is 11.0. The summed E-state index contributed by atoms with van der Waals surface area (Å²) in [6.07, 6.45) is 3.37. The summed E-state index contributed by atoms with van der Waals surface area (Å²) in [5.74, 6) is -1.10. The van der Waals surface area contributed by atoms with E-state index in [1.54, 1.807) is 35.5 Å². The van der Waals surface area contributed by atoms with E-state index in [1.165, 1.54) is 19.1 Å². The van der Waals surface area contributed by atoms with Crippen molar-refractivity contribution >= 4 is 17.6 Å². The first-order valence-corrected chi connectivity index (χ1v) is 6.08. The second-order valence-corrected chi connectivity index (χ2v) is 4.32. The highest BCUT2D eigenvalue weighted by atomic mass is 16.4. The zero-order chi connectivity index (χ0) is 14.5. The monoisotopic (exact) mass is 270 g/mol. The number of aromatic carboxylic acids is 1. The second kappa shape index (κ2) is 5.97. The number of nitrogens with zero attached hydrogens (tertiary/aromatic N) is 2. The van der Waals surface area contributed by atoms with Crippen LogP contribution in [-0.4, -0.2) is 22.0 Å². The molecule has 5 heteroatoms. The van der Waals surface area contributed by atoms with Gasteiger partial charge in [0, 0.05) is 25.0 Å². The highest BCUT2D eigenvalue weighted by Crippen LogP contribution is 2.18. The third kappa shape index (κ3) is 3.20. The first-order chi connectivity index (χ1) is 9.58. The van der Waals surface area contributed by atoms with Gasteiger partial charge in [0.05, 0.1) is 12.1 Å². The van der Waals surface area contributed by atoms with Gasteiger partial charge < -0.3 is 10.0 Å². The van der Waals surface area contributed by atoms with Gasteiger partial charge in [-0.3, -0.25) is 9.78 Å². The molecule has 0 aliphatic carbocycles. The number of hydrogen-bond acceptors (Lipinski definition) is 3. The molecule has 1 N–H and O–H groups in total. The average Bonchev–Trinajstić information content (AvgIpc) is 2.45. The Morgan fingerprint density at radius 1 is 1.20 bits per heavy atom. The summed E-state index contributed by atoms with van der Waals surface area (Å²) in [6.45, 7) is 1.87.